The highest BCUT2D eigenvalue weighted by atomic mass is 35.5. The van der Waals surface area contributed by atoms with Crippen LogP contribution in [0.25, 0.3) is 0 Å². The van der Waals surface area contributed by atoms with Crippen LogP contribution in [-0.4, -0.2) is 16.4 Å². The zero-order chi connectivity index (χ0) is 20.1. The van der Waals surface area contributed by atoms with E-state index in [9.17, 15) is 14.4 Å². The zero-order valence-corrected chi connectivity index (χ0v) is 15.9. The highest BCUT2D eigenvalue weighted by Crippen LogP contribution is 2.15. The Kier molecular flexibility index (Phi) is 5.91. The van der Waals surface area contributed by atoms with Crippen LogP contribution in [0.2, 0.25) is 5.02 Å². The van der Waals surface area contributed by atoms with E-state index in [-0.39, 0.29) is 17.4 Å². The summed E-state index contributed by atoms with van der Waals surface area (Å²) in [7, 11) is 0. The Bertz CT molecular complexity index is 1070. The minimum absolute atomic E-state index is 0.168. The van der Waals surface area contributed by atoms with Gasteiger partial charge in [-0.15, -0.1) is 0 Å². The molecule has 1 aromatic heterocycles. The summed E-state index contributed by atoms with van der Waals surface area (Å²) in [5.41, 5.74) is 2.22. The predicted octanol–water partition coefficient (Wildman–Crippen LogP) is 3.76. The Balaban J connectivity index is 1.75. The number of benzene rings is 2. The van der Waals surface area contributed by atoms with Gasteiger partial charge in [-0.05, 0) is 48.0 Å². The summed E-state index contributed by atoms with van der Waals surface area (Å²) in [5.74, 6) is -0.508. The molecule has 3 rings (SSSR count). The van der Waals surface area contributed by atoms with Gasteiger partial charge >= 0.3 is 0 Å². The number of nitrogens with one attached hydrogen (secondary N) is 2. The molecular formula is C21H18ClN3O3. The van der Waals surface area contributed by atoms with Crippen molar-refractivity contribution < 1.29 is 9.59 Å². The molecule has 0 atom stereocenters. The van der Waals surface area contributed by atoms with E-state index < -0.39 is 0 Å². The zero-order valence-electron chi connectivity index (χ0n) is 15.1. The van der Waals surface area contributed by atoms with Gasteiger partial charge in [-0.2, -0.15) is 0 Å². The maximum absolute atomic E-state index is 12.5. The first-order valence-corrected chi connectivity index (χ1v) is 8.92. The van der Waals surface area contributed by atoms with Gasteiger partial charge in [0.05, 0.1) is 12.1 Å². The molecule has 0 bridgehead atoms. The van der Waals surface area contributed by atoms with Crippen LogP contribution in [0.5, 0.6) is 0 Å². The van der Waals surface area contributed by atoms with E-state index in [0.29, 0.717) is 28.5 Å². The van der Waals surface area contributed by atoms with Crippen LogP contribution >= 0.6 is 11.6 Å². The van der Waals surface area contributed by atoms with E-state index in [1.165, 1.54) is 29.8 Å². The Morgan fingerprint density at radius 2 is 1.64 bits per heavy atom. The van der Waals surface area contributed by atoms with Crippen molar-refractivity contribution in [2.24, 2.45) is 0 Å². The van der Waals surface area contributed by atoms with E-state index in [1.807, 2.05) is 12.1 Å². The molecule has 0 aliphatic rings. The molecule has 0 spiro atoms. The first kappa shape index (κ1) is 19.4. The molecule has 1 heterocycles. The van der Waals surface area contributed by atoms with Crippen molar-refractivity contribution in [3.8, 4) is 0 Å². The van der Waals surface area contributed by atoms with Gasteiger partial charge in [0.25, 0.3) is 11.5 Å². The number of halogens is 1. The summed E-state index contributed by atoms with van der Waals surface area (Å²) in [6.45, 7) is 1.74. The van der Waals surface area contributed by atoms with E-state index in [1.54, 1.807) is 36.4 Å². The lowest BCUT2D eigenvalue weighted by Gasteiger charge is -2.10. The molecule has 28 heavy (non-hydrogen) atoms. The number of amides is 2. The Hall–Kier alpha value is -3.38. The minimum atomic E-state index is -0.341. The van der Waals surface area contributed by atoms with E-state index in [2.05, 4.69) is 10.6 Å². The van der Waals surface area contributed by atoms with Gasteiger partial charge in [0.2, 0.25) is 5.91 Å². The van der Waals surface area contributed by atoms with Gasteiger partial charge < -0.3 is 15.2 Å². The number of pyridine rings is 1. The molecule has 2 aromatic carbocycles. The second-order valence-corrected chi connectivity index (χ2v) is 6.66. The van der Waals surface area contributed by atoms with Crippen molar-refractivity contribution in [2.75, 3.05) is 10.6 Å². The lowest BCUT2D eigenvalue weighted by atomic mass is 10.2. The molecule has 3 aromatic rings. The van der Waals surface area contributed by atoms with Crippen LogP contribution in [0.4, 0.5) is 11.4 Å². The number of nitrogens with zero attached hydrogens (tertiary/aromatic N) is 1. The quantitative estimate of drug-likeness (QED) is 0.690. The van der Waals surface area contributed by atoms with Gasteiger partial charge in [0.15, 0.2) is 0 Å². The van der Waals surface area contributed by atoms with Crippen molar-refractivity contribution in [1.29, 1.82) is 0 Å². The molecule has 0 saturated carbocycles. The standard InChI is InChI=1S/C21H18ClN3O3/c1-14(26)23-18-6-8-19(9-7-18)24-21(28)16-5-10-20(27)25(13-16)12-15-3-2-4-17(22)11-15/h2-11,13H,12H2,1H3,(H,23,26)(H,24,28). The summed E-state index contributed by atoms with van der Waals surface area (Å²) in [6.07, 6.45) is 1.52. The molecule has 2 amide bonds. The third-order valence-electron chi connectivity index (χ3n) is 3.95. The van der Waals surface area contributed by atoms with Crippen molar-refractivity contribution in [3.63, 3.8) is 0 Å². The van der Waals surface area contributed by atoms with Gasteiger partial charge in [0, 0.05) is 35.6 Å². The van der Waals surface area contributed by atoms with Crippen molar-refractivity contribution in [2.45, 2.75) is 13.5 Å². The minimum Gasteiger partial charge on any atom is -0.326 e. The first-order valence-electron chi connectivity index (χ1n) is 8.55. The topological polar surface area (TPSA) is 80.2 Å². The highest BCUT2D eigenvalue weighted by Gasteiger charge is 2.09. The fourth-order valence-corrected chi connectivity index (χ4v) is 2.88. The van der Waals surface area contributed by atoms with Crippen LogP contribution < -0.4 is 16.2 Å². The van der Waals surface area contributed by atoms with E-state index in [4.69, 9.17) is 11.6 Å². The smallest absolute Gasteiger partial charge is 0.257 e. The normalized spacial score (nSPS) is 10.4. The maximum atomic E-state index is 12.5. The molecule has 0 aliphatic heterocycles. The molecule has 6 nitrogen and oxygen atoms in total. The molecule has 7 heteroatoms. The van der Waals surface area contributed by atoms with Crippen molar-refractivity contribution in [3.05, 3.63) is 93.4 Å². The van der Waals surface area contributed by atoms with Crippen LogP contribution in [0, 0.1) is 0 Å². The third-order valence-corrected chi connectivity index (χ3v) is 4.19. The summed E-state index contributed by atoms with van der Waals surface area (Å²) in [4.78, 5) is 35.7. The molecule has 0 unspecified atom stereocenters. The molecule has 2 N–H and O–H groups in total. The average Bonchev–Trinajstić information content (AvgIpc) is 2.65. The summed E-state index contributed by atoms with van der Waals surface area (Å²) >= 11 is 5.99. The lowest BCUT2D eigenvalue weighted by Crippen LogP contribution is -2.22. The van der Waals surface area contributed by atoms with E-state index >= 15 is 0 Å². The number of carbonyl (C=O) groups excluding carboxylic acids is 2. The summed E-state index contributed by atoms with van der Waals surface area (Å²) in [5, 5.41) is 6.01. The molecule has 0 saturated heterocycles. The second kappa shape index (κ2) is 8.54. The third kappa shape index (κ3) is 5.08. The van der Waals surface area contributed by atoms with E-state index in [0.717, 1.165) is 5.56 Å². The lowest BCUT2D eigenvalue weighted by molar-refractivity contribution is -0.114. The second-order valence-electron chi connectivity index (χ2n) is 6.23. The summed E-state index contributed by atoms with van der Waals surface area (Å²) < 4.78 is 1.46. The molecular weight excluding hydrogens is 378 g/mol. The van der Waals surface area contributed by atoms with Crippen LogP contribution in [0.15, 0.2) is 71.7 Å². The van der Waals surface area contributed by atoms with Crippen LogP contribution in [0.1, 0.15) is 22.8 Å². The molecule has 0 aliphatic carbocycles. The van der Waals surface area contributed by atoms with Gasteiger partial charge in [-0.3, -0.25) is 14.4 Å². The van der Waals surface area contributed by atoms with Crippen molar-refractivity contribution >= 4 is 34.8 Å². The number of hydrogen-bond donors (Lipinski definition) is 2. The number of rotatable bonds is 5. The van der Waals surface area contributed by atoms with Gasteiger partial charge in [-0.1, -0.05) is 23.7 Å². The SMILES string of the molecule is CC(=O)Nc1ccc(NC(=O)c2ccc(=O)n(Cc3cccc(Cl)c3)c2)cc1. The Morgan fingerprint density at radius 3 is 2.29 bits per heavy atom. The number of anilines is 2. The monoisotopic (exact) mass is 395 g/mol. The Labute approximate surface area is 166 Å². The van der Waals surface area contributed by atoms with Crippen LogP contribution in [-0.2, 0) is 11.3 Å². The fraction of sp³-hybridized carbons (Fsp3) is 0.0952. The number of carbonyl (C=O) groups is 2. The molecule has 142 valence electrons. The largest absolute Gasteiger partial charge is 0.326 e. The highest BCUT2D eigenvalue weighted by molar-refractivity contribution is 6.30. The van der Waals surface area contributed by atoms with Gasteiger partial charge in [-0.25, -0.2) is 0 Å². The number of hydrogen-bond acceptors (Lipinski definition) is 3. The molecule has 0 fully saturated rings. The van der Waals surface area contributed by atoms with Gasteiger partial charge in [0.1, 0.15) is 0 Å². The first-order chi connectivity index (χ1) is 13.4. The molecule has 0 radical (unpaired) electrons. The average molecular weight is 396 g/mol. The number of aromatic nitrogens is 1. The van der Waals surface area contributed by atoms with Crippen molar-refractivity contribution in [1.82, 2.24) is 4.57 Å². The van der Waals surface area contributed by atoms with Crippen LogP contribution in [0.3, 0.4) is 0 Å². The Morgan fingerprint density at radius 1 is 0.964 bits per heavy atom. The predicted molar refractivity (Wildman–Crippen MR) is 110 cm³/mol. The maximum Gasteiger partial charge on any atom is 0.257 e. The summed E-state index contributed by atoms with van der Waals surface area (Å²) in [6, 6.07) is 16.8. The fourth-order valence-electron chi connectivity index (χ4n) is 2.66.